The SMILES string of the molecule is c1ccc(CO[C@@H]2C[C@@H]3CN(Cc4ccsc4)CCN3C2)nc1. The minimum absolute atomic E-state index is 0.350. The Bertz CT molecular complexity index is 604. The van der Waals surface area contributed by atoms with Crippen LogP contribution in [0.25, 0.3) is 0 Å². The van der Waals surface area contributed by atoms with Gasteiger partial charge < -0.3 is 4.74 Å². The van der Waals surface area contributed by atoms with Gasteiger partial charge in [-0.3, -0.25) is 14.8 Å². The minimum atomic E-state index is 0.350. The number of pyridine rings is 1. The molecule has 4 rings (SSSR count). The first-order valence-corrected chi connectivity index (χ1v) is 9.30. The van der Waals surface area contributed by atoms with Crippen LogP contribution >= 0.6 is 11.3 Å². The lowest BCUT2D eigenvalue weighted by Gasteiger charge is -2.37. The molecule has 5 heteroatoms. The van der Waals surface area contributed by atoms with Crippen LogP contribution in [-0.4, -0.2) is 53.1 Å². The molecular formula is C18H23N3OS. The van der Waals surface area contributed by atoms with Gasteiger partial charge in [0.1, 0.15) is 0 Å². The van der Waals surface area contributed by atoms with Crippen molar-refractivity contribution in [3.63, 3.8) is 0 Å². The van der Waals surface area contributed by atoms with E-state index in [0.29, 0.717) is 18.8 Å². The Morgan fingerprint density at radius 1 is 1.22 bits per heavy atom. The highest BCUT2D eigenvalue weighted by Crippen LogP contribution is 2.25. The molecule has 0 spiro atoms. The summed E-state index contributed by atoms with van der Waals surface area (Å²) in [6, 6.07) is 8.89. The van der Waals surface area contributed by atoms with E-state index in [-0.39, 0.29) is 0 Å². The lowest BCUT2D eigenvalue weighted by molar-refractivity contribution is 0.0440. The van der Waals surface area contributed by atoms with E-state index < -0.39 is 0 Å². The smallest absolute Gasteiger partial charge is 0.0892 e. The summed E-state index contributed by atoms with van der Waals surface area (Å²) in [4.78, 5) is 9.53. The van der Waals surface area contributed by atoms with Gasteiger partial charge in [0.2, 0.25) is 0 Å². The summed E-state index contributed by atoms with van der Waals surface area (Å²) in [5, 5.41) is 4.43. The maximum absolute atomic E-state index is 6.10. The number of rotatable bonds is 5. The lowest BCUT2D eigenvalue weighted by atomic mass is 10.1. The highest BCUT2D eigenvalue weighted by atomic mass is 32.1. The van der Waals surface area contributed by atoms with E-state index in [2.05, 4.69) is 31.6 Å². The van der Waals surface area contributed by atoms with Crippen molar-refractivity contribution in [2.45, 2.75) is 31.7 Å². The molecule has 4 nitrogen and oxygen atoms in total. The van der Waals surface area contributed by atoms with Crippen molar-refractivity contribution in [1.82, 2.24) is 14.8 Å². The maximum atomic E-state index is 6.10. The molecule has 0 aromatic carbocycles. The predicted molar refractivity (Wildman–Crippen MR) is 92.4 cm³/mol. The first-order valence-electron chi connectivity index (χ1n) is 8.36. The third kappa shape index (κ3) is 3.80. The van der Waals surface area contributed by atoms with Crippen molar-refractivity contribution < 1.29 is 4.74 Å². The summed E-state index contributed by atoms with van der Waals surface area (Å²) in [6.07, 6.45) is 3.33. The van der Waals surface area contributed by atoms with Gasteiger partial charge in [0.15, 0.2) is 0 Å². The molecular weight excluding hydrogens is 306 g/mol. The highest BCUT2D eigenvalue weighted by molar-refractivity contribution is 7.07. The minimum Gasteiger partial charge on any atom is -0.371 e. The van der Waals surface area contributed by atoms with Crippen LogP contribution < -0.4 is 0 Å². The first-order chi connectivity index (χ1) is 11.4. The van der Waals surface area contributed by atoms with E-state index in [1.165, 1.54) is 18.7 Å². The van der Waals surface area contributed by atoms with Gasteiger partial charge in [0.05, 0.1) is 18.4 Å². The third-order valence-corrected chi connectivity index (χ3v) is 5.57. The Morgan fingerprint density at radius 2 is 2.22 bits per heavy atom. The number of aromatic nitrogens is 1. The first kappa shape index (κ1) is 15.3. The Kier molecular flexibility index (Phi) is 4.71. The number of nitrogens with zero attached hydrogens (tertiary/aromatic N) is 3. The molecule has 0 radical (unpaired) electrons. The monoisotopic (exact) mass is 329 g/mol. The summed E-state index contributed by atoms with van der Waals surface area (Å²) in [6.45, 7) is 6.29. The van der Waals surface area contributed by atoms with E-state index in [1.54, 1.807) is 11.3 Å². The molecule has 2 aromatic rings. The van der Waals surface area contributed by atoms with Gasteiger partial charge in [0.25, 0.3) is 0 Å². The van der Waals surface area contributed by atoms with E-state index in [0.717, 1.165) is 31.7 Å². The van der Waals surface area contributed by atoms with E-state index >= 15 is 0 Å². The second-order valence-corrected chi connectivity index (χ2v) is 7.29. The lowest BCUT2D eigenvalue weighted by Crippen LogP contribution is -2.49. The Morgan fingerprint density at radius 3 is 3.04 bits per heavy atom. The van der Waals surface area contributed by atoms with Gasteiger partial charge in [-0.2, -0.15) is 11.3 Å². The molecule has 0 N–H and O–H groups in total. The molecule has 0 aliphatic carbocycles. The summed E-state index contributed by atoms with van der Waals surface area (Å²) >= 11 is 1.79. The second-order valence-electron chi connectivity index (χ2n) is 6.51. The Labute approximate surface area is 141 Å². The van der Waals surface area contributed by atoms with Gasteiger partial charge in [-0.1, -0.05) is 6.07 Å². The molecule has 0 unspecified atom stereocenters. The van der Waals surface area contributed by atoms with Gasteiger partial charge in [-0.25, -0.2) is 0 Å². The van der Waals surface area contributed by atoms with Crippen LogP contribution in [0.1, 0.15) is 17.7 Å². The molecule has 4 heterocycles. The standard InChI is InChI=1S/C18H23N3OS/c1-2-5-19-16(3-1)13-22-18-9-17-11-20(6-7-21(17)12-18)10-15-4-8-23-14-15/h1-5,8,14,17-18H,6-7,9-13H2/t17-,18-/m1/s1. The van der Waals surface area contributed by atoms with Crippen molar-refractivity contribution >= 4 is 11.3 Å². The normalized spacial score (nSPS) is 25.6. The molecule has 0 amide bonds. The summed E-state index contributed by atoms with van der Waals surface area (Å²) in [5.74, 6) is 0. The Balaban J connectivity index is 1.27. The zero-order valence-corrected chi connectivity index (χ0v) is 14.1. The van der Waals surface area contributed by atoms with Crippen LogP contribution in [0.2, 0.25) is 0 Å². The van der Waals surface area contributed by atoms with Gasteiger partial charge >= 0.3 is 0 Å². The van der Waals surface area contributed by atoms with Crippen LogP contribution in [0.15, 0.2) is 41.2 Å². The second kappa shape index (κ2) is 7.09. The van der Waals surface area contributed by atoms with Crippen molar-refractivity contribution in [2.75, 3.05) is 26.2 Å². The van der Waals surface area contributed by atoms with Gasteiger partial charge in [-0.05, 0) is 40.9 Å². The van der Waals surface area contributed by atoms with Crippen LogP contribution in [0.5, 0.6) is 0 Å². The van der Waals surface area contributed by atoms with Crippen molar-refractivity contribution in [1.29, 1.82) is 0 Å². The third-order valence-electron chi connectivity index (χ3n) is 4.84. The zero-order valence-electron chi connectivity index (χ0n) is 13.3. The largest absolute Gasteiger partial charge is 0.371 e. The Hall–Kier alpha value is -1.27. The molecule has 2 atom stereocenters. The number of hydrogen-bond donors (Lipinski definition) is 0. The molecule has 2 fully saturated rings. The molecule has 0 saturated carbocycles. The van der Waals surface area contributed by atoms with Crippen LogP contribution in [0.4, 0.5) is 0 Å². The molecule has 23 heavy (non-hydrogen) atoms. The topological polar surface area (TPSA) is 28.6 Å². The van der Waals surface area contributed by atoms with Crippen LogP contribution in [0.3, 0.4) is 0 Å². The molecule has 2 aliphatic heterocycles. The number of hydrogen-bond acceptors (Lipinski definition) is 5. The quantitative estimate of drug-likeness (QED) is 0.843. The van der Waals surface area contributed by atoms with Crippen LogP contribution in [-0.2, 0) is 17.9 Å². The van der Waals surface area contributed by atoms with E-state index in [9.17, 15) is 0 Å². The summed E-state index contributed by atoms with van der Waals surface area (Å²) in [5.41, 5.74) is 2.47. The number of thiophene rings is 1. The predicted octanol–water partition coefficient (Wildman–Crippen LogP) is 2.62. The zero-order chi connectivity index (χ0) is 15.5. The molecule has 2 aromatic heterocycles. The molecule has 2 aliphatic rings. The average Bonchev–Trinajstić information content (AvgIpc) is 3.23. The van der Waals surface area contributed by atoms with E-state index in [1.807, 2.05) is 24.4 Å². The van der Waals surface area contributed by atoms with Crippen molar-refractivity contribution in [3.05, 3.63) is 52.5 Å². The fraction of sp³-hybridized carbons (Fsp3) is 0.500. The van der Waals surface area contributed by atoms with Crippen LogP contribution in [0, 0.1) is 0 Å². The molecule has 122 valence electrons. The fourth-order valence-corrected chi connectivity index (χ4v) is 4.31. The summed E-state index contributed by atoms with van der Waals surface area (Å²) < 4.78 is 6.10. The summed E-state index contributed by atoms with van der Waals surface area (Å²) in [7, 11) is 0. The maximum Gasteiger partial charge on any atom is 0.0892 e. The highest BCUT2D eigenvalue weighted by Gasteiger charge is 2.36. The van der Waals surface area contributed by atoms with Crippen molar-refractivity contribution in [2.24, 2.45) is 0 Å². The number of ether oxygens (including phenoxy) is 1. The number of piperazine rings is 1. The molecule has 0 bridgehead atoms. The number of fused-ring (bicyclic) bond motifs is 1. The van der Waals surface area contributed by atoms with Crippen molar-refractivity contribution in [3.8, 4) is 0 Å². The average molecular weight is 329 g/mol. The molecule has 2 saturated heterocycles. The van der Waals surface area contributed by atoms with Gasteiger partial charge in [0, 0.05) is 45.0 Å². The fourth-order valence-electron chi connectivity index (χ4n) is 3.65. The van der Waals surface area contributed by atoms with Gasteiger partial charge in [-0.15, -0.1) is 0 Å². The van der Waals surface area contributed by atoms with E-state index in [4.69, 9.17) is 4.74 Å².